The number of carbonyl (C=O) groups excluding carboxylic acids is 2. The predicted octanol–water partition coefficient (Wildman–Crippen LogP) is 1.83. The molecule has 4 fully saturated rings. The fourth-order valence-corrected chi connectivity index (χ4v) is 6.52. The number of amides is 2. The van der Waals surface area contributed by atoms with Crippen molar-refractivity contribution in [1.29, 1.82) is 0 Å². The van der Waals surface area contributed by atoms with Gasteiger partial charge in [0.25, 0.3) is 0 Å². The summed E-state index contributed by atoms with van der Waals surface area (Å²) in [6.45, 7) is 0. The molecule has 2 atom stereocenters. The number of aliphatic hydroxyl groups is 1. The van der Waals surface area contributed by atoms with Gasteiger partial charge in [-0.2, -0.15) is 0 Å². The van der Waals surface area contributed by atoms with Gasteiger partial charge in [-0.3, -0.25) is 9.59 Å². The molecule has 4 saturated carbocycles. The minimum Gasteiger partial charge on any atom is -0.390 e. The highest BCUT2D eigenvalue weighted by Gasteiger charge is 2.57. The van der Waals surface area contributed by atoms with E-state index in [1.165, 1.54) is 22.7 Å². The summed E-state index contributed by atoms with van der Waals surface area (Å²) in [7, 11) is 3.40. The van der Waals surface area contributed by atoms with Gasteiger partial charge in [-0.1, -0.05) is 11.3 Å². The molecule has 0 spiro atoms. The molecule has 0 saturated heterocycles. The first-order valence-electron chi connectivity index (χ1n) is 9.29. The number of anilines is 1. The summed E-state index contributed by atoms with van der Waals surface area (Å²) in [5.74, 6) is 1.04. The number of hydrogen-bond acceptors (Lipinski definition) is 6. The van der Waals surface area contributed by atoms with Gasteiger partial charge in [0, 0.05) is 20.5 Å². The van der Waals surface area contributed by atoms with Crippen LogP contribution in [0.15, 0.2) is 0 Å². The van der Waals surface area contributed by atoms with E-state index in [0.29, 0.717) is 28.4 Å². The SMILES string of the molecule is CN(C)C(=O)Cc1nnc(NC(=O)CC23CC4CC(CC(O)(C4)C2)C3)s1. The lowest BCUT2D eigenvalue weighted by atomic mass is 9.47. The minimum atomic E-state index is -0.549. The zero-order chi connectivity index (χ0) is 18.5. The molecular weight excluding hydrogens is 352 g/mol. The Morgan fingerprint density at radius 3 is 2.54 bits per heavy atom. The largest absolute Gasteiger partial charge is 0.390 e. The van der Waals surface area contributed by atoms with Crippen LogP contribution < -0.4 is 5.32 Å². The summed E-state index contributed by atoms with van der Waals surface area (Å²) < 4.78 is 0. The second-order valence-corrected chi connectivity index (χ2v) is 9.94. The van der Waals surface area contributed by atoms with Gasteiger partial charge in [-0.25, -0.2) is 0 Å². The third-order valence-corrected chi connectivity index (χ3v) is 7.04. The average molecular weight is 378 g/mol. The second-order valence-electron chi connectivity index (χ2n) is 8.88. The monoisotopic (exact) mass is 378 g/mol. The molecule has 1 aromatic heterocycles. The normalized spacial score (nSPS) is 34.7. The number of hydrogen-bond donors (Lipinski definition) is 2. The van der Waals surface area contributed by atoms with Crippen LogP contribution in [-0.2, 0) is 16.0 Å². The minimum absolute atomic E-state index is 0.0409. The number of aromatic nitrogens is 2. The van der Waals surface area contributed by atoms with E-state index in [9.17, 15) is 14.7 Å². The van der Waals surface area contributed by atoms with E-state index < -0.39 is 5.60 Å². The molecule has 142 valence electrons. The van der Waals surface area contributed by atoms with Crippen LogP contribution in [0.3, 0.4) is 0 Å². The zero-order valence-corrected chi connectivity index (χ0v) is 16.1. The highest BCUT2D eigenvalue weighted by molar-refractivity contribution is 7.15. The van der Waals surface area contributed by atoms with Gasteiger partial charge < -0.3 is 15.3 Å². The molecule has 7 nitrogen and oxygen atoms in total. The Hall–Kier alpha value is -1.54. The van der Waals surface area contributed by atoms with E-state index in [0.717, 1.165) is 32.1 Å². The Morgan fingerprint density at radius 1 is 1.23 bits per heavy atom. The first-order chi connectivity index (χ1) is 12.2. The van der Waals surface area contributed by atoms with Crippen LogP contribution >= 0.6 is 11.3 Å². The summed E-state index contributed by atoms with van der Waals surface area (Å²) in [6, 6.07) is 0. The van der Waals surface area contributed by atoms with Crippen LogP contribution in [0.2, 0.25) is 0 Å². The van der Waals surface area contributed by atoms with E-state index in [-0.39, 0.29) is 23.7 Å². The van der Waals surface area contributed by atoms with Crippen molar-refractivity contribution in [2.45, 2.75) is 57.0 Å². The van der Waals surface area contributed by atoms with Crippen LogP contribution in [0.25, 0.3) is 0 Å². The van der Waals surface area contributed by atoms with E-state index in [2.05, 4.69) is 15.5 Å². The molecule has 26 heavy (non-hydrogen) atoms. The van der Waals surface area contributed by atoms with Gasteiger partial charge in [0.15, 0.2) is 0 Å². The molecule has 1 aromatic rings. The topological polar surface area (TPSA) is 95.4 Å². The number of nitrogens with one attached hydrogen (secondary N) is 1. The van der Waals surface area contributed by atoms with Gasteiger partial charge in [0.2, 0.25) is 16.9 Å². The molecule has 1 heterocycles. The summed E-state index contributed by atoms with van der Waals surface area (Å²) in [6.07, 6.45) is 6.52. The van der Waals surface area contributed by atoms with E-state index >= 15 is 0 Å². The predicted molar refractivity (Wildman–Crippen MR) is 97.6 cm³/mol. The van der Waals surface area contributed by atoms with Gasteiger partial charge in [0.1, 0.15) is 5.01 Å². The smallest absolute Gasteiger partial charge is 0.229 e. The third-order valence-electron chi connectivity index (χ3n) is 6.20. The molecule has 2 unspecified atom stereocenters. The molecule has 8 heteroatoms. The molecule has 0 radical (unpaired) electrons. The first-order valence-corrected chi connectivity index (χ1v) is 10.1. The fraction of sp³-hybridized carbons (Fsp3) is 0.778. The van der Waals surface area contributed by atoms with Crippen molar-refractivity contribution in [1.82, 2.24) is 15.1 Å². The second kappa shape index (κ2) is 6.27. The molecule has 2 N–H and O–H groups in total. The van der Waals surface area contributed by atoms with Crippen LogP contribution in [0.4, 0.5) is 5.13 Å². The summed E-state index contributed by atoms with van der Waals surface area (Å²) >= 11 is 1.25. The average Bonchev–Trinajstić information content (AvgIpc) is 2.90. The standard InChI is InChI=1S/C18H26N4O3S/c1-22(2)15(24)4-14-20-21-16(26-14)19-13(23)9-17-5-11-3-12(6-17)8-18(25,7-11)10-17/h11-12,25H,3-10H2,1-2H3,(H,19,21,23). The summed E-state index contributed by atoms with van der Waals surface area (Å²) in [5, 5.41) is 22.7. The molecule has 4 aliphatic carbocycles. The maximum atomic E-state index is 12.6. The Labute approximate surface area is 157 Å². The van der Waals surface area contributed by atoms with Crippen LogP contribution in [0.5, 0.6) is 0 Å². The lowest BCUT2D eigenvalue weighted by molar-refractivity contribution is -0.167. The molecule has 4 aliphatic rings. The first kappa shape index (κ1) is 17.9. The van der Waals surface area contributed by atoms with Crippen molar-refractivity contribution >= 4 is 28.3 Å². The Bertz CT molecular complexity index is 718. The van der Waals surface area contributed by atoms with E-state index in [4.69, 9.17) is 0 Å². The van der Waals surface area contributed by atoms with E-state index in [1.54, 1.807) is 14.1 Å². The molecule has 0 aromatic carbocycles. The van der Waals surface area contributed by atoms with Gasteiger partial charge >= 0.3 is 0 Å². The number of nitrogens with zero attached hydrogens (tertiary/aromatic N) is 3. The highest BCUT2D eigenvalue weighted by atomic mass is 32.1. The van der Waals surface area contributed by atoms with Crippen molar-refractivity contribution in [3.63, 3.8) is 0 Å². The van der Waals surface area contributed by atoms with Crippen molar-refractivity contribution in [2.24, 2.45) is 17.3 Å². The number of likely N-dealkylation sites (N-methyl/N-ethyl adjacent to an activating group) is 1. The summed E-state index contributed by atoms with van der Waals surface area (Å²) in [4.78, 5) is 25.9. The zero-order valence-electron chi connectivity index (χ0n) is 15.3. The number of carbonyl (C=O) groups is 2. The Kier molecular flexibility index (Phi) is 4.30. The molecule has 2 amide bonds. The maximum absolute atomic E-state index is 12.6. The van der Waals surface area contributed by atoms with Crippen molar-refractivity contribution < 1.29 is 14.7 Å². The quantitative estimate of drug-likeness (QED) is 0.815. The molecule has 5 rings (SSSR count). The van der Waals surface area contributed by atoms with E-state index in [1.807, 2.05) is 0 Å². The Balaban J connectivity index is 1.37. The number of rotatable bonds is 5. The van der Waals surface area contributed by atoms with Crippen LogP contribution in [0, 0.1) is 17.3 Å². The van der Waals surface area contributed by atoms with Crippen LogP contribution in [-0.4, -0.2) is 51.7 Å². The maximum Gasteiger partial charge on any atom is 0.229 e. The molecule has 0 aliphatic heterocycles. The lowest BCUT2D eigenvalue weighted by Crippen LogP contribution is -2.56. The Morgan fingerprint density at radius 2 is 1.92 bits per heavy atom. The lowest BCUT2D eigenvalue weighted by Gasteiger charge is -2.60. The van der Waals surface area contributed by atoms with Crippen LogP contribution in [0.1, 0.15) is 50.0 Å². The van der Waals surface area contributed by atoms with Gasteiger partial charge in [-0.15, -0.1) is 10.2 Å². The van der Waals surface area contributed by atoms with Gasteiger partial charge in [0.05, 0.1) is 12.0 Å². The highest BCUT2D eigenvalue weighted by Crippen LogP contribution is 2.62. The molecule has 4 bridgehead atoms. The van der Waals surface area contributed by atoms with Gasteiger partial charge in [-0.05, 0) is 55.8 Å². The van der Waals surface area contributed by atoms with Crippen molar-refractivity contribution in [3.05, 3.63) is 5.01 Å². The van der Waals surface area contributed by atoms with Crippen molar-refractivity contribution in [2.75, 3.05) is 19.4 Å². The summed E-state index contributed by atoms with van der Waals surface area (Å²) in [5.41, 5.74) is -0.607. The fourth-order valence-electron chi connectivity index (χ4n) is 5.78. The molecular formula is C18H26N4O3S. The van der Waals surface area contributed by atoms with Crippen molar-refractivity contribution in [3.8, 4) is 0 Å². The third kappa shape index (κ3) is 3.49.